The van der Waals surface area contributed by atoms with Gasteiger partial charge in [-0.05, 0) is 30.5 Å². The van der Waals surface area contributed by atoms with Gasteiger partial charge in [-0.1, -0.05) is 51.1 Å². The van der Waals surface area contributed by atoms with Gasteiger partial charge in [-0.15, -0.1) is 0 Å². The predicted octanol–water partition coefficient (Wildman–Crippen LogP) is 5.27. The van der Waals surface area contributed by atoms with E-state index < -0.39 is 0 Å². The molecule has 1 fully saturated rings. The molecule has 0 radical (unpaired) electrons. The number of hydrogen-bond donors (Lipinski definition) is 2. The van der Waals surface area contributed by atoms with Gasteiger partial charge in [0.1, 0.15) is 17.2 Å². The molecule has 2 aromatic carbocycles. The van der Waals surface area contributed by atoms with Crippen LogP contribution in [-0.2, 0) is 13.0 Å². The lowest BCUT2D eigenvalue weighted by Gasteiger charge is -2.36. The van der Waals surface area contributed by atoms with Crippen molar-refractivity contribution in [2.75, 3.05) is 31.1 Å². The lowest BCUT2D eigenvalue weighted by molar-refractivity contribution is 0.247. The van der Waals surface area contributed by atoms with Gasteiger partial charge >= 0.3 is 0 Å². The number of H-pyrrole nitrogens is 2. The topological polar surface area (TPSA) is 63.8 Å². The van der Waals surface area contributed by atoms with Gasteiger partial charge in [0.25, 0.3) is 0 Å². The molecule has 6 heteroatoms. The van der Waals surface area contributed by atoms with Crippen LogP contribution in [0.3, 0.4) is 0 Å². The Morgan fingerprint density at radius 2 is 1.70 bits per heavy atom. The van der Waals surface area contributed by atoms with Gasteiger partial charge in [0.05, 0.1) is 16.9 Å². The molecule has 1 saturated heterocycles. The highest BCUT2D eigenvalue weighted by Crippen LogP contribution is 2.30. The highest BCUT2D eigenvalue weighted by molar-refractivity contribution is 5.91. The minimum Gasteiger partial charge on any atom is -0.367 e. The lowest BCUT2D eigenvalue weighted by Crippen LogP contribution is -2.46. The number of hydrogen-bond acceptors (Lipinski definition) is 4. The number of aromatic amines is 2. The maximum Gasteiger partial charge on any atom is 0.138 e. The second-order valence-corrected chi connectivity index (χ2v) is 9.41. The first-order valence-electron chi connectivity index (χ1n) is 12.1. The van der Waals surface area contributed by atoms with Crippen molar-refractivity contribution in [2.45, 2.75) is 46.6 Å². The van der Waals surface area contributed by atoms with Crippen LogP contribution in [0.25, 0.3) is 22.4 Å². The second kappa shape index (κ2) is 9.02. The van der Waals surface area contributed by atoms with Gasteiger partial charge in [-0.2, -0.15) is 0 Å². The molecule has 5 rings (SSSR count). The molecule has 0 aliphatic carbocycles. The van der Waals surface area contributed by atoms with Crippen LogP contribution in [0.4, 0.5) is 5.69 Å². The fraction of sp³-hybridized carbons (Fsp3) is 0.407. The summed E-state index contributed by atoms with van der Waals surface area (Å²) >= 11 is 0. The van der Waals surface area contributed by atoms with Crippen molar-refractivity contribution in [3.63, 3.8) is 0 Å². The van der Waals surface area contributed by atoms with Crippen LogP contribution in [0.5, 0.6) is 0 Å². The standard InChI is InChI=1S/C27H34N6/c1-5-25-28-19(4)23(29-25)17-32-13-15-33(16-14-32)24-8-6-7-22-26(24)31-27(30-22)21-11-9-20(10-12-21)18(2)3/h6-12,18H,5,13-17H2,1-4H3,(H,28,29)(H,30,31). The van der Waals surface area contributed by atoms with Crippen LogP contribution >= 0.6 is 0 Å². The minimum absolute atomic E-state index is 0.533. The van der Waals surface area contributed by atoms with Crippen molar-refractivity contribution >= 4 is 16.7 Å². The van der Waals surface area contributed by atoms with Gasteiger partial charge in [0, 0.05) is 50.4 Å². The van der Waals surface area contributed by atoms with E-state index in [1.807, 2.05) is 0 Å². The van der Waals surface area contributed by atoms with E-state index in [-0.39, 0.29) is 0 Å². The summed E-state index contributed by atoms with van der Waals surface area (Å²) in [5, 5.41) is 0. The summed E-state index contributed by atoms with van der Waals surface area (Å²) in [4.78, 5) is 21.7. The molecule has 1 aliphatic rings. The van der Waals surface area contributed by atoms with Crippen molar-refractivity contribution in [1.82, 2.24) is 24.8 Å². The van der Waals surface area contributed by atoms with Crippen LogP contribution in [0.1, 0.15) is 49.5 Å². The van der Waals surface area contributed by atoms with Gasteiger partial charge in [0.15, 0.2) is 0 Å². The third kappa shape index (κ3) is 4.40. The Bertz CT molecular complexity index is 1230. The molecular formula is C27H34N6. The van der Waals surface area contributed by atoms with E-state index in [4.69, 9.17) is 9.97 Å². The normalized spacial score (nSPS) is 15.1. The summed E-state index contributed by atoms with van der Waals surface area (Å²) in [5.41, 5.74) is 8.24. The van der Waals surface area contributed by atoms with Crippen molar-refractivity contribution in [3.05, 3.63) is 65.2 Å². The molecule has 6 nitrogen and oxygen atoms in total. The zero-order valence-corrected chi connectivity index (χ0v) is 20.2. The molecule has 0 unspecified atom stereocenters. The van der Waals surface area contributed by atoms with Crippen molar-refractivity contribution in [3.8, 4) is 11.4 Å². The first-order valence-corrected chi connectivity index (χ1v) is 12.1. The number of benzene rings is 2. The van der Waals surface area contributed by atoms with Crippen LogP contribution < -0.4 is 4.90 Å². The number of nitrogens with one attached hydrogen (secondary N) is 2. The molecule has 172 valence electrons. The summed E-state index contributed by atoms with van der Waals surface area (Å²) in [6, 6.07) is 15.2. The summed E-state index contributed by atoms with van der Waals surface area (Å²) in [6.07, 6.45) is 0.951. The predicted molar refractivity (Wildman–Crippen MR) is 136 cm³/mol. The van der Waals surface area contributed by atoms with E-state index in [0.29, 0.717) is 5.92 Å². The van der Waals surface area contributed by atoms with E-state index in [0.717, 1.165) is 67.4 Å². The molecule has 2 aromatic heterocycles. The molecule has 2 N–H and O–H groups in total. The molecule has 0 bridgehead atoms. The fourth-order valence-electron chi connectivity index (χ4n) is 4.68. The molecule has 1 aliphatic heterocycles. The third-order valence-electron chi connectivity index (χ3n) is 6.80. The first kappa shape index (κ1) is 21.7. The number of fused-ring (bicyclic) bond motifs is 1. The molecular weight excluding hydrogens is 408 g/mol. The summed E-state index contributed by atoms with van der Waals surface area (Å²) < 4.78 is 0. The van der Waals surface area contributed by atoms with Crippen molar-refractivity contribution in [1.29, 1.82) is 0 Å². The number of piperazine rings is 1. The van der Waals surface area contributed by atoms with E-state index in [2.05, 4.69) is 89.9 Å². The maximum atomic E-state index is 5.02. The summed E-state index contributed by atoms with van der Waals surface area (Å²) in [6.45, 7) is 13.7. The average Bonchev–Trinajstić information content (AvgIpc) is 3.43. The average molecular weight is 443 g/mol. The van der Waals surface area contributed by atoms with E-state index >= 15 is 0 Å². The van der Waals surface area contributed by atoms with Crippen LogP contribution in [0, 0.1) is 6.92 Å². The SMILES string of the molecule is CCc1nc(CN2CCN(c3cccc4[nH]c(-c5ccc(C(C)C)cc5)nc34)CC2)c(C)[nH]1. The Balaban J connectivity index is 1.31. The maximum absolute atomic E-state index is 5.02. The molecule has 0 amide bonds. The number of anilines is 1. The van der Waals surface area contributed by atoms with Crippen molar-refractivity contribution < 1.29 is 0 Å². The quantitative estimate of drug-likeness (QED) is 0.427. The number of para-hydroxylation sites is 1. The van der Waals surface area contributed by atoms with Gasteiger partial charge in [-0.25, -0.2) is 9.97 Å². The Hall–Kier alpha value is -3.12. The number of nitrogens with zero attached hydrogens (tertiary/aromatic N) is 4. The van der Waals surface area contributed by atoms with Crippen LogP contribution in [-0.4, -0.2) is 51.0 Å². The van der Waals surface area contributed by atoms with Crippen molar-refractivity contribution in [2.24, 2.45) is 0 Å². The van der Waals surface area contributed by atoms with Crippen LogP contribution in [0.2, 0.25) is 0 Å². The Labute approximate surface area is 196 Å². The molecule has 3 heterocycles. The van der Waals surface area contributed by atoms with E-state index in [9.17, 15) is 0 Å². The Kier molecular flexibility index (Phi) is 5.94. The van der Waals surface area contributed by atoms with E-state index in [1.54, 1.807) is 0 Å². The zero-order valence-electron chi connectivity index (χ0n) is 20.2. The molecule has 0 spiro atoms. The zero-order chi connectivity index (χ0) is 22.9. The van der Waals surface area contributed by atoms with Gasteiger partial charge in [-0.3, -0.25) is 4.90 Å². The lowest BCUT2D eigenvalue weighted by atomic mass is 10.0. The summed E-state index contributed by atoms with van der Waals surface area (Å²) in [5.74, 6) is 2.55. The minimum atomic E-state index is 0.533. The number of aryl methyl sites for hydroxylation is 2. The van der Waals surface area contributed by atoms with E-state index in [1.165, 1.54) is 22.6 Å². The fourth-order valence-corrected chi connectivity index (χ4v) is 4.68. The van der Waals surface area contributed by atoms with Gasteiger partial charge in [0.2, 0.25) is 0 Å². The summed E-state index contributed by atoms with van der Waals surface area (Å²) in [7, 11) is 0. The number of aromatic nitrogens is 4. The molecule has 33 heavy (non-hydrogen) atoms. The van der Waals surface area contributed by atoms with Crippen LogP contribution in [0.15, 0.2) is 42.5 Å². The number of rotatable bonds is 6. The Morgan fingerprint density at radius 3 is 2.36 bits per heavy atom. The highest BCUT2D eigenvalue weighted by Gasteiger charge is 2.21. The second-order valence-electron chi connectivity index (χ2n) is 9.41. The first-order chi connectivity index (χ1) is 16.0. The van der Waals surface area contributed by atoms with Gasteiger partial charge < -0.3 is 14.9 Å². The third-order valence-corrected chi connectivity index (χ3v) is 6.80. The molecule has 0 atom stereocenters. The smallest absolute Gasteiger partial charge is 0.138 e. The monoisotopic (exact) mass is 442 g/mol. The number of imidazole rings is 2. The molecule has 0 saturated carbocycles. The Morgan fingerprint density at radius 1 is 0.939 bits per heavy atom. The highest BCUT2D eigenvalue weighted by atomic mass is 15.3. The largest absolute Gasteiger partial charge is 0.367 e. The molecule has 4 aromatic rings.